The molecular formula is C18H16F3N3O6S. The van der Waals surface area contributed by atoms with Crippen molar-refractivity contribution in [3.05, 3.63) is 65.7 Å². The predicted octanol–water partition coefficient (Wildman–Crippen LogP) is 0.988. The molecule has 0 unspecified atom stereocenters. The average Bonchev–Trinajstić information content (AvgIpc) is 2.74. The van der Waals surface area contributed by atoms with Crippen LogP contribution in [-0.4, -0.2) is 39.4 Å². The van der Waals surface area contributed by atoms with Gasteiger partial charge < -0.3 is 4.74 Å². The highest BCUT2D eigenvalue weighted by atomic mass is 32.2. The summed E-state index contributed by atoms with van der Waals surface area (Å²) in [6, 6.07) is 10.8. The number of hydrogen-bond donors (Lipinski definition) is 3. The molecule has 0 aromatic heterocycles. The Morgan fingerprint density at radius 2 is 1.61 bits per heavy atom. The molecule has 0 radical (unpaired) electrons. The first-order valence-electron chi connectivity index (χ1n) is 8.46. The minimum Gasteiger partial charge on any atom is -0.455 e. The van der Waals surface area contributed by atoms with Crippen LogP contribution in [0.5, 0.6) is 0 Å². The number of halogens is 3. The Hall–Kier alpha value is -3.45. The Bertz CT molecular complexity index is 1060. The third-order valence-electron chi connectivity index (χ3n) is 3.59. The number of nitrogens with one attached hydrogen (secondary N) is 3. The Kier molecular flexibility index (Phi) is 7.72. The van der Waals surface area contributed by atoms with Crippen LogP contribution in [-0.2, 0) is 30.5 Å². The lowest BCUT2D eigenvalue weighted by Crippen LogP contribution is -2.44. The number of sulfonamides is 1. The molecule has 2 amide bonds. The van der Waals surface area contributed by atoms with Gasteiger partial charge >= 0.3 is 12.1 Å². The Labute approximate surface area is 174 Å². The molecule has 0 aliphatic heterocycles. The lowest BCUT2D eigenvalue weighted by Gasteiger charge is -2.10. The molecule has 9 nitrogen and oxygen atoms in total. The first-order valence-corrected chi connectivity index (χ1v) is 9.94. The second-order valence-electron chi connectivity index (χ2n) is 5.88. The van der Waals surface area contributed by atoms with Gasteiger partial charge in [0.15, 0.2) is 6.61 Å². The van der Waals surface area contributed by atoms with Gasteiger partial charge in [-0.05, 0) is 30.3 Å². The SMILES string of the molecule is O=C(COC(=O)CNS(=O)(=O)c1cccc(C(F)(F)F)c1)NNC(=O)c1ccccc1. The van der Waals surface area contributed by atoms with Gasteiger partial charge in [-0.15, -0.1) is 0 Å². The van der Waals surface area contributed by atoms with Crippen molar-refractivity contribution in [2.75, 3.05) is 13.2 Å². The summed E-state index contributed by atoms with van der Waals surface area (Å²) >= 11 is 0. The van der Waals surface area contributed by atoms with Gasteiger partial charge in [0.1, 0.15) is 6.54 Å². The van der Waals surface area contributed by atoms with Gasteiger partial charge in [0, 0.05) is 5.56 Å². The summed E-state index contributed by atoms with van der Waals surface area (Å²) in [5.41, 5.74) is 3.17. The van der Waals surface area contributed by atoms with E-state index in [2.05, 4.69) is 10.2 Å². The zero-order chi connectivity index (χ0) is 23.1. The third-order valence-corrected chi connectivity index (χ3v) is 4.99. The fourth-order valence-corrected chi connectivity index (χ4v) is 3.11. The molecule has 13 heteroatoms. The minimum absolute atomic E-state index is 0.267. The average molecular weight is 459 g/mol. The number of esters is 1. The maximum absolute atomic E-state index is 12.7. The van der Waals surface area contributed by atoms with E-state index < -0.39 is 57.6 Å². The topological polar surface area (TPSA) is 131 Å². The summed E-state index contributed by atoms with van der Waals surface area (Å²) in [4.78, 5) is 34.2. The van der Waals surface area contributed by atoms with Gasteiger partial charge in [0.25, 0.3) is 11.8 Å². The summed E-state index contributed by atoms with van der Waals surface area (Å²) in [6.07, 6.45) is -4.74. The molecule has 0 aliphatic carbocycles. The lowest BCUT2D eigenvalue weighted by atomic mass is 10.2. The van der Waals surface area contributed by atoms with E-state index in [1.165, 1.54) is 12.1 Å². The maximum Gasteiger partial charge on any atom is 0.416 e. The number of rotatable bonds is 7. The zero-order valence-corrected chi connectivity index (χ0v) is 16.4. The molecule has 0 saturated carbocycles. The Balaban J connectivity index is 1.79. The second-order valence-corrected chi connectivity index (χ2v) is 7.65. The summed E-state index contributed by atoms with van der Waals surface area (Å²) in [7, 11) is -4.44. The van der Waals surface area contributed by atoms with Crippen molar-refractivity contribution >= 4 is 27.8 Å². The van der Waals surface area contributed by atoms with Crippen molar-refractivity contribution in [2.45, 2.75) is 11.1 Å². The highest BCUT2D eigenvalue weighted by molar-refractivity contribution is 7.89. The standard InChI is InChI=1S/C18H16F3N3O6S/c19-18(20,21)13-7-4-8-14(9-13)31(28,29)22-10-16(26)30-11-15(25)23-24-17(27)12-5-2-1-3-6-12/h1-9,22H,10-11H2,(H,23,25)(H,24,27). The molecular weight excluding hydrogens is 443 g/mol. The molecule has 2 rings (SSSR count). The van der Waals surface area contributed by atoms with Crippen molar-refractivity contribution in [3.63, 3.8) is 0 Å². The molecule has 0 aliphatic rings. The van der Waals surface area contributed by atoms with Gasteiger partial charge in [-0.2, -0.15) is 17.9 Å². The van der Waals surface area contributed by atoms with Crippen LogP contribution in [0.2, 0.25) is 0 Å². The molecule has 31 heavy (non-hydrogen) atoms. The quantitative estimate of drug-likeness (QED) is 0.418. The molecule has 2 aromatic carbocycles. The first kappa shape index (κ1) is 23.8. The van der Waals surface area contributed by atoms with Crippen molar-refractivity contribution in [1.29, 1.82) is 0 Å². The van der Waals surface area contributed by atoms with Crippen LogP contribution in [0.4, 0.5) is 13.2 Å². The summed E-state index contributed by atoms with van der Waals surface area (Å²) in [5, 5.41) is 0. The number of hydrazine groups is 1. The fourth-order valence-electron chi connectivity index (χ4n) is 2.10. The van der Waals surface area contributed by atoms with Crippen molar-refractivity contribution in [1.82, 2.24) is 15.6 Å². The minimum atomic E-state index is -4.74. The van der Waals surface area contributed by atoms with E-state index >= 15 is 0 Å². The van der Waals surface area contributed by atoms with Crippen LogP contribution in [0.1, 0.15) is 15.9 Å². The normalized spacial score (nSPS) is 11.5. The molecule has 3 N–H and O–H groups in total. The number of carbonyl (C=O) groups excluding carboxylic acids is 3. The first-order chi connectivity index (χ1) is 14.5. The van der Waals surface area contributed by atoms with Crippen LogP contribution in [0.25, 0.3) is 0 Å². The molecule has 0 saturated heterocycles. The molecule has 0 heterocycles. The Morgan fingerprint density at radius 3 is 2.26 bits per heavy atom. The highest BCUT2D eigenvalue weighted by Gasteiger charge is 2.31. The van der Waals surface area contributed by atoms with E-state index in [0.29, 0.717) is 12.1 Å². The number of amides is 2. The Morgan fingerprint density at radius 1 is 0.935 bits per heavy atom. The maximum atomic E-state index is 12.7. The highest BCUT2D eigenvalue weighted by Crippen LogP contribution is 2.30. The van der Waals surface area contributed by atoms with Gasteiger partial charge in [-0.1, -0.05) is 24.3 Å². The largest absolute Gasteiger partial charge is 0.455 e. The van der Waals surface area contributed by atoms with Crippen LogP contribution in [0, 0.1) is 0 Å². The number of carbonyl (C=O) groups is 3. The smallest absolute Gasteiger partial charge is 0.416 e. The molecule has 166 valence electrons. The lowest BCUT2D eigenvalue weighted by molar-refractivity contribution is -0.147. The molecule has 0 atom stereocenters. The van der Waals surface area contributed by atoms with Crippen LogP contribution < -0.4 is 15.6 Å². The molecule has 0 bridgehead atoms. The number of ether oxygens (including phenoxy) is 1. The number of hydrogen-bond acceptors (Lipinski definition) is 6. The van der Waals surface area contributed by atoms with E-state index in [0.717, 1.165) is 12.1 Å². The fraction of sp³-hybridized carbons (Fsp3) is 0.167. The number of benzene rings is 2. The predicted molar refractivity (Wildman–Crippen MR) is 99.6 cm³/mol. The van der Waals surface area contributed by atoms with E-state index in [1.54, 1.807) is 22.9 Å². The van der Waals surface area contributed by atoms with Crippen LogP contribution in [0.3, 0.4) is 0 Å². The third kappa shape index (κ3) is 7.38. The van der Waals surface area contributed by atoms with E-state index in [9.17, 15) is 36.0 Å². The van der Waals surface area contributed by atoms with Crippen LogP contribution in [0.15, 0.2) is 59.5 Å². The monoisotopic (exact) mass is 459 g/mol. The van der Waals surface area contributed by atoms with Gasteiger partial charge in [-0.25, -0.2) is 8.42 Å². The molecule has 2 aromatic rings. The summed E-state index contributed by atoms with van der Waals surface area (Å²) in [6.45, 7) is -1.76. The van der Waals surface area contributed by atoms with Gasteiger partial charge in [0.2, 0.25) is 10.0 Å². The van der Waals surface area contributed by atoms with Crippen LogP contribution >= 0.6 is 0 Å². The zero-order valence-electron chi connectivity index (χ0n) is 15.6. The van der Waals surface area contributed by atoms with E-state index in [1.807, 2.05) is 5.43 Å². The number of alkyl halides is 3. The second kappa shape index (κ2) is 10.0. The van der Waals surface area contributed by atoms with Gasteiger partial charge in [0.05, 0.1) is 10.5 Å². The molecule has 0 fully saturated rings. The van der Waals surface area contributed by atoms with Crippen molar-refractivity contribution in [3.8, 4) is 0 Å². The molecule has 0 spiro atoms. The summed E-state index contributed by atoms with van der Waals surface area (Å²) < 4.78 is 68.5. The van der Waals surface area contributed by atoms with E-state index in [-0.39, 0.29) is 5.56 Å². The van der Waals surface area contributed by atoms with Gasteiger partial charge in [-0.3, -0.25) is 25.2 Å². The summed E-state index contributed by atoms with van der Waals surface area (Å²) in [5.74, 6) is -2.69. The van der Waals surface area contributed by atoms with Crippen molar-refractivity contribution < 1.29 is 40.7 Å². The van der Waals surface area contributed by atoms with E-state index in [4.69, 9.17) is 0 Å². The van der Waals surface area contributed by atoms with Crippen molar-refractivity contribution in [2.24, 2.45) is 0 Å².